The maximum atomic E-state index is 12.8. The maximum Gasteiger partial charge on any atom is 0.302 e. The number of esters is 3. The van der Waals surface area contributed by atoms with E-state index in [-0.39, 0.29) is 57.2 Å². The van der Waals surface area contributed by atoms with E-state index < -0.39 is 10.8 Å². The van der Waals surface area contributed by atoms with Crippen LogP contribution in [0.5, 0.6) is 0 Å². The van der Waals surface area contributed by atoms with Gasteiger partial charge in [-0.1, -0.05) is 67.0 Å². The number of ether oxygens (including phenoxy) is 3. The van der Waals surface area contributed by atoms with Gasteiger partial charge in [0.05, 0.1) is 0 Å². The van der Waals surface area contributed by atoms with Gasteiger partial charge in [0.2, 0.25) is 0 Å². The van der Waals surface area contributed by atoms with Crippen molar-refractivity contribution in [2.45, 2.75) is 140 Å². The normalized spacial score (nSPS) is 46.6. The lowest BCUT2D eigenvalue weighted by Crippen LogP contribution is -2.65. The second-order valence-corrected chi connectivity index (χ2v) is 17.2. The summed E-state index contributed by atoms with van der Waals surface area (Å²) in [5.74, 6) is 0.0160. The maximum absolute atomic E-state index is 12.8. The summed E-state index contributed by atoms with van der Waals surface area (Å²) in [6.45, 7) is 23.9. The van der Waals surface area contributed by atoms with Gasteiger partial charge in [0.1, 0.15) is 18.8 Å². The van der Waals surface area contributed by atoms with Gasteiger partial charge >= 0.3 is 17.9 Å². The van der Waals surface area contributed by atoms with Crippen LogP contribution < -0.4 is 0 Å². The van der Waals surface area contributed by atoms with E-state index >= 15 is 0 Å². The van der Waals surface area contributed by atoms with Gasteiger partial charge in [0.25, 0.3) is 0 Å². The molecule has 0 aromatic carbocycles. The summed E-state index contributed by atoms with van der Waals surface area (Å²) in [7, 11) is 0. The zero-order chi connectivity index (χ0) is 31.3. The van der Waals surface area contributed by atoms with Crippen LogP contribution in [0.3, 0.4) is 0 Å². The summed E-state index contributed by atoms with van der Waals surface area (Å²) in [6.07, 6.45) is 9.84. The fourth-order valence-corrected chi connectivity index (χ4v) is 12.0. The van der Waals surface area contributed by atoms with Crippen LogP contribution >= 0.6 is 0 Å². The fraction of sp³-hybridized carbons (Fsp3) is 0.861. The Morgan fingerprint density at radius 3 is 1.95 bits per heavy atom. The molecule has 4 saturated carbocycles. The second-order valence-electron chi connectivity index (χ2n) is 17.2. The Labute approximate surface area is 254 Å². The molecule has 42 heavy (non-hydrogen) atoms. The van der Waals surface area contributed by atoms with Crippen molar-refractivity contribution in [1.29, 1.82) is 0 Å². The van der Waals surface area contributed by atoms with E-state index in [0.29, 0.717) is 18.4 Å². The van der Waals surface area contributed by atoms with Gasteiger partial charge in [-0.25, -0.2) is 0 Å². The van der Waals surface area contributed by atoms with Crippen molar-refractivity contribution in [2.24, 2.45) is 49.7 Å². The Morgan fingerprint density at radius 2 is 1.36 bits per heavy atom. The zero-order valence-corrected chi connectivity index (χ0v) is 28.2. The number of allylic oxidation sites excluding steroid dienone is 1. The van der Waals surface area contributed by atoms with Gasteiger partial charge in [0, 0.05) is 37.0 Å². The first-order valence-corrected chi connectivity index (χ1v) is 16.4. The van der Waals surface area contributed by atoms with E-state index in [2.05, 4.69) is 61.5 Å². The third-order valence-electron chi connectivity index (χ3n) is 14.2. The van der Waals surface area contributed by atoms with Gasteiger partial charge in [0.15, 0.2) is 0 Å². The second kappa shape index (κ2) is 9.57. The molecule has 0 amide bonds. The number of rotatable bonds is 4. The third kappa shape index (κ3) is 4.19. The van der Waals surface area contributed by atoms with Crippen molar-refractivity contribution < 1.29 is 28.6 Å². The zero-order valence-electron chi connectivity index (χ0n) is 28.2. The number of carbonyl (C=O) groups excluding carboxylic acids is 3. The molecule has 0 saturated heterocycles. The largest absolute Gasteiger partial charge is 0.465 e. The summed E-state index contributed by atoms with van der Waals surface area (Å²) in [5, 5.41) is 0. The smallest absolute Gasteiger partial charge is 0.302 e. The van der Waals surface area contributed by atoms with Crippen LogP contribution in [0.15, 0.2) is 11.6 Å². The van der Waals surface area contributed by atoms with Crippen molar-refractivity contribution >= 4 is 17.9 Å². The van der Waals surface area contributed by atoms with E-state index in [0.717, 1.165) is 51.4 Å². The van der Waals surface area contributed by atoms with Crippen molar-refractivity contribution in [3.05, 3.63) is 11.6 Å². The first kappa shape index (κ1) is 31.6. The summed E-state index contributed by atoms with van der Waals surface area (Å²) in [5.41, 5.74) is 0.165. The monoisotopic (exact) mass is 584 g/mol. The van der Waals surface area contributed by atoms with Crippen molar-refractivity contribution in [1.82, 2.24) is 0 Å². The van der Waals surface area contributed by atoms with Crippen molar-refractivity contribution in [2.75, 3.05) is 6.61 Å². The average Bonchev–Trinajstić information content (AvgIpc) is 3.07. The molecular weight excluding hydrogens is 528 g/mol. The minimum Gasteiger partial charge on any atom is -0.465 e. The minimum absolute atomic E-state index is 0.00135. The van der Waals surface area contributed by atoms with Gasteiger partial charge in [-0.3, -0.25) is 14.4 Å². The topological polar surface area (TPSA) is 78.9 Å². The molecule has 0 aromatic rings. The Balaban J connectivity index is 1.73. The van der Waals surface area contributed by atoms with Gasteiger partial charge in [-0.2, -0.15) is 0 Å². The third-order valence-corrected chi connectivity index (χ3v) is 14.2. The van der Waals surface area contributed by atoms with Gasteiger partial charge < -0.3 is 14.2 Å². The molecule has 0 bridgehead atoms. The average molecular weight is 585 g/mol. The van der Waals surface area contributed by atoms with Crippen LogP contribution in [0, 0.1) is 49.7 Å². The molecular formula is C36H56O6. The lowest BCUT2D eigenvalue weighted by molar-refractivity contribution is -0.221. The molecule has 0 aromatic heterocycles. The molecule has 0 N–H and O–H groups in total. The molecule has 0 heterocycles. The highest BCUT2D eigenvalue weighted by molar-refractivity contribution is 5.67. The Bertz CT molecular complexity index is 1200. The number of fused-ring (bicyclic) bond motifs is 7. The van der Waals surface area contributed by atoms with Crippen LogP contribution in [0.4, 0.5) is 0 Å². The molecule has 4 fully saturated rings. The Kier molecular flexibility index (Phi) is 7.20. The summed E-state index contributed by atoms with van der Waals surface area (Å²) in [4.78, 5) is 37.4. The molecule has 0 unspecified atom stereocenters. The van der Waals surface area contributed by atoms with Crippen molar-refractivity contribution in [3.8, 4) is 0 Å². The quantitative estimate of drug-likeness (QED) is 0.190. The molecule has 6 heteroatoms. The molecule has 5 aliphatic carbocycles. The van der Waals surface area contributed by atoms with Gasteiger partial charge in [-0.05, 0) is 84.9 Å². The van der Waals surface area contributed by atoms with E-state index in [9.17, 15) is 14.4 Å². The summed E-state index contributed by atoms with van der Waals surface area (Å²) < 4.78 is 18.5. The molecule has 5 rings (SSSR count). The summed E-state index contributed by atoms with van der Waals surface area (Å²) >= 11 is 0. The SMILES string of the molecule is CC(=O)OC[C@]12C[C@@H]3[C@@]4(C)CC[C@H](OC(C)=O)C(C)(C)[C@@H]4CC[C@@]3(C)[C@]1(C)[C@H](OC(C)=O)C[C@@]1(C)CCC(C)(C)C=C12. The van der Waals surface area contributed by atoms with Crippen LogP contribution in [0.1, 0.15) is 128 Å². The van der Waals surface area contributed by atoms with Crippen LogP contribution in [0.2, 0.25) is 0 Å². The summed E-state index contributed by atoms with van der Waals surface area (Å²) in [6, 6.07) is 0. The molecule has 0 spiro atoms. The van der Waals surface area contributed by atoms with Crippen LogP contribution in [-0.2, 0) is 28.6 Å². The Hall–Kier alpha value is -1.85. The van der Waals surface area contributed by atoms with Gasteiger partial charge in [-0.15, -0.1) is 0 Å². The fourth-order valence-electron chi connectivity index (χ4n) is 12.0. The predicted molar refractivity (Wildman–Crippen MR) is 162 cm³/mol. The number of hydrogen-bond acceptors (Lipinski definition) is 6. The molecule has 6 nitrogen and oxygen atoms in total. The van der Waals surface area contributed by atoms with E-state index in [1.807, 2.05) is 0 Å². The lowest BCUT2D eigenvalue weighted by Gasteiger charge is -2.67. The van der Waals surface area contributed by atoms with E-state index in [4.69, 9.17) is 14.2 Å². The first-order valence-electron chi connectivity index (χ1n) is 16.4. The predicted octanol–water partition coefficient (Wildman–Crippen LogP) is 7.82. The van der Waals surface area contributed by atoms with E-state index in [1.165, 1.54) is 19.4 Å². The standard InChI is InChI=1S/C36H56O6/c1-22(37)40-21-36-19-27-33(9)14-13-28(41-23(2)38)31(6,7)25(33)12-15-34(27,10)35(36,11)29(42-24(3)39)20-32(8)17-16-30(4,5)18-26(32)36/h18,25,27-29H,12-17,19-21H2,1-11H3/t25-,27+,28-,29+,32+,33-,34+,35-,36-/m0/s1. The van der Waals surface area contributed by atoms with Crippen LogP contribution in [-0.4, -0.2) is 36.7 Å². The van der Waals surface area contributed by atoms with Crippen LogP contribution in [0.25, 0.3) is 0 Å². The molecule has 5 aliphatic rings. The first-order chi connectivity index (χ1) is 19.2. The van der Waals surface area contributed by atoms with Crippen molar-refractivity contribution in [3.63, 3.8) is 0 Å². The molecule has 0 aliphatic heterocycles. The molecule has 236 valence electrons. The van der Waals surface area contributed by atoms with E-state index in [1.54, 1.807) is 6.92 Å². The lowest BCUT2D eigenvalue weighted by atomic mass is 9.38. The highest BCUT2D eigenvalue weighted by Crippen LogP contribution is 2.83. The minimum atomic E-state index is -0.447. The molecule has 0 radical (unpaired) electrons. The number of hydrogen-bond donors (Lipinski definition) is 0. The highest BCUT2D eigenvalue weighted by Gasteiger charge is 2.80. The molecule has 9 atom stereocenters. The number of carbonyl (C=O) groups is 3. The highest BCUT2D eigenvalue weighted by atomic mass is 16.6. The Morgan fingerprint density at radius 1 is 0.738 bits per heavy atom.